The Hall–Kier alpha value is -2.83. The fraction of sp³-hybridized carbons (Fsp3) is 0.214. The first-order valence-electron chi connectivity index (χ1n) is 6.34. The van der Waals surface area contributed by atoms with E-state index >= 15 is 0 Å². The predicted molar refractivity (Wildman–Crippen MR) is 76.2 cm³/mol. The molecule has 7 heteroatoms. The molecule has 0 aliphatic heterocycles. The average Bonchev–Trinajstić information content (AvgIpc) is 2.77. The van der Waals surface area contributed by atoms with E-state index in [1.165, 1.54) is 4.68 Å². The summed E-state index contributed by atoms with van der Waals surface area (Å²) in [7, 11) is 1.56. The Balaban J connectivity index is 2.59. The molecule has 0 bridgehead atoms. The van der Waals surface area contributed by atoms with E-state index in [-0.39, 0.29) is 18.0 Å². The van der Waals surface area contributed by atoms with Crippen molar-refractivity contribution in [2.24, 2.45) is 7.05 Å². The van der Waals surface area contributed by atoms with E-state index < -0.39 is 12.1 Å². The van der Waals surface area contributed by atoms with Gasteiger partial charge in [0.2, 0.25) is 0 Å². The van der Waals surface area contributed by atoms with Gasteiger partial charge in [-0.15, -0.1) is 0 Å². The van der Waals surface area contributed by atoms with Crippen LogP contribution in [0.4, 0.5) is 10.6 Å². The zero-order valence-corrected chi connectivity index (χ0v) is 11.7. The van der Waals surface area contributed by atoms with E-state index in [4.69, 9.17) is 9.84 Å². The minimum absolute atomic E-state index is 0.0832. The van der Waals surface area contributed by atoms with Crippen molar-refractivity contribution in [3.8, 4) is 11.3 Å². The molecule has 0 saturated heterocycles. The quantitative estimate of drug-likeness (QED) is 0.843. The number of benzene rings is 1. The number of anilines is 1. The summed E-state index contributed by atoms with van der Waals surface area (Å²) in [4.78, 5) is 23.0. The number of amides is 1. The number of hydrogen-bond acceptors (Lipinski definition) is 4. The molecular weight excluding hydrogens is 274 g/mol. The second-order valence-corrected chi connectivity index (χ2v) is 4.21. The lowest BCUT2D eigenvalue weighted by atomic mass is 10.1. The largest absolute Gasteiger partial charge is 0.465 e. The van der Waals surface area contributed by atoms with E-state index in [1.54, 1.807) is 26.1 Å². The van der Waals surface area contributed by atoms with Gasteiger partial charge in [-0.25, -0.2) is 9.59 Å². The maximum atomic E-state index is 12.1. The van der Waals surface area contributed by atoms with E-state index in [0.29, 0.717) is 11.3 Å². The maximum absolute atomic E-state index is 12.1. The number of carboxylic acid groups (broad SMARTS) is 1. The predicted octanol–water partition coefficient (Wildman–Crippen LogP) is 2.35. The Morgan fingerprint density at radius 1 is 1.33 bits per heavy atom. The molecule has 1 aromatic carbocycles. The number of esters is 1. The van der Waals surface area contributed by atoms with Crippen molar-refractivity contribution < 1.29 is 19.4 Å². The number of ether oxygens (including phenoxy) is 1. The van der Waals surface area contributed by atoms with Crippen LogP contribution in [0.2, 0.25) is 0 Å². The molecule has 0 aliphatic rings. The van der Waals surface area contributed by atoms with E-state index in [9.17, 15) is 9.59 Å². The van der Waals surface area contributed by atoms with Crippen LogP contribution < -0.4 is 5.32 Å². The molecule has 0 atom stereocenters. The van der Waals surface area contributed by atoms with Crippen LogP contribution in [-0.4, -0.2) is 33.6 Å². The van der Waals surface area contributed by atoms with Crippen LogP contribution in [0.15, 0.2) is 30.3 Å². The SMILES string of the molecule is CCOC(=O)c1c(-c2ccccc2)nn(C)c1NC(=O)O. The Kier molecular flexibility index (Phi) is 4.22. The monoisotopic (exact) mass is 289 g/mol. The van der Waals surface area contributed by atoms with Gasteiger partial charge >= 0.3 is 12.1 Å². The van der Waals surface area contributed by atoms with Gasteiger partial charge in [0.05, 0.1) is 6.61 Å². The topological polar surface area (TPSA) is 93.5 Å². The molecule has 1 amide bonds. The first-order valence-corrected chi connectivity index (χ1v) is 6.34. The van der Waals surface area contributed by atoms with Gasteiger partial charge in [-0.1, -0.05) is 30.3 Å². The molecule has 0 fully saturated rings. The highest BCUT2D eigenvalue weighted by atomic mass is 16.5. The molecule has 110 valence electrons. The van der Waals surface area contributed by atoms with Crippen LogP contribution in [0.1, 0.15) is 17.3 Å². The third-order valence-electron chi connectivity index (χ3n) is 2.80. The summed E-state index contributed by atoms with van der Waals surface area (Å²) in [5.41, 5.74) is 1.18. The molecule has 0 saturated carbocycles. The average molecular weight is 289 g/mol. The summed E-state index contributed by atoms with van der Waals surface area (Å²) >= 11 is 0. The number of hydrogen-bond donors (Lipinski definition) is 2. The van der Waals surface area contributed by atoms with Gasteiger partial charge in [-0.05, 0) is 6.92 Å². The van der Waals surface area contributed by atoms with Crippen molar-refractivity contribution >= 4 is 17.9 Å². The summed E-state index contributed by atoms with van der Waals surface area (Å²) in [5.74, 6) is -0.534. The molecule has 0 aliphatic carbocycles. The van der Waals surface area contributed by atoms with Crippen molar-refractivity contribution in [2.45, 2.75) is 6.92 Å². The van der Waals surface area contributed by atoms with E-state index in [0.717, 1.165) is 0 Å². The van der Waals surface area contributed by atoms with Gasteiger partial charge in [0, 0.05) is 12.6 Å². The zero-order valence-electron chi connectivity index (χ0n) is 11.7. The number of aryl methyl sites for hydroxylation is 1. The van der Waals surface area contributed by atoms with Crippen LogP contribution in [0.25, 0.3) is 11.3 Å². The lowest BCUT2D eigenvalue weighted by Crippen LogP contribution is -2.15. The van der Waals surface area contributed by atoms with E-state index in [1.807, 2.05) is 18.2 Å². The molecule has 1 heterocycles. The Bertz CT molecular complexity index is 664. The van der Waals surface area contributed by atoms with Crippen molar-refractivity contribution in [1.82, 2.24) is 9.78 Å². The normalized spacial score (nSPS) is 10.2. The van der Waals surface area contributed by atoms with E-state index in [2.05, 4.69) is 10.4 Å². The lowest BCUT2D eigenvalue weighted by Gasteiger charge is -2.06. The van der Waals surface area contributed by atoms with Gasteiger partial charge in [-0.2, -0.15) is 5.10 Å². The van der Waals surface area contributed by atoms with Crippen LogP contribution >= 0.6 is 0 Å². The molecule has 0 radical (unpaired) electrons. The summed E-state index contributed by atoms with van der Waals surface area (Å²) in [6.45, 7) is 1.87. The zero-order chi connectivity index (χ0) is 15.4. The Morgan fingerprint density at radius 3 is 2.57 bits per heavy atom. The minimum Gasteiger partial charge on any atom is -0.465 e. The third kappa shape index (κ3) is 3.02. The van der Waals surface area contributed by atoms with Crippen LogP contribution in [0.5, 0.6) is 0 Å². The third-order valence-corrected chi connectivity index (χ3v) is 2.80. The fourth-order valence-electron chi connectivity index (χ4n) is 1.96. The molecule has 0 unspecified atom stereocenters. The highest BCUT2D eigenvalue weighted by Gasteiger charge is 2.25. The summed E-state index contributed by atoms with van der Waals surface area (Å²) < 4.78 is 6.31. The fourth-order valence-corrected chi connectivity index (χ4v) is 1.96. The second kappa shape index (κ2) is 6.08. The Labute approximate surface area is 121 Å². The number of carbonyl (C=O) groups excluding carboxylic acids is 1. The van der Waals surface area contributed by atoms with Crippen LogP contribution in [-0.2, 0) is 11.8 Å². The molecule has 2 rings (SSSR count). The van der Waals surface area contributed by atoms with Crippen molar-refractivity contribution in [3.63, 3.8) is 0 Å². The highest BCUT2D eigenvalue weighted by Crippen LogP contribution is 2.29. The van der Waals surface area contributed by atoms with Gasteiger partial charge in [0.25, 0.3) is 0 Å². The number of aromatic nitrogens is 2. The lowest BCUT2D eigenvalue weighted by molar-refractivity contribution is 0.0528. The summed E-state index contributed by atoms with van der Waals surface area (Å²) in [5, 5.41) is 15.3. The second-order valence-electron chi connectivity index (χ2n) is 4.21. The maximum Gasteiger partial charge on any atom is 0.410 e. The molecule has 2 N–H and O–H groups in total. The Morgan fingerprint density at radius 2 is 2.00 bits per heavy atom. The summed E-state index contributed by atoms with van der Waals surface area (Å²) in [6, 6.07) is 9.03. The minimum atomic E-state index is -1.27. The number of nitrogens with zero attached hydrogens (tertiary/aromatic N) is 2. The number of carbonyl (C=O) groups is 2. The van der Waals surface area contributed by atoms with Gasteiger partial charge in [0.1, 0.15) is 17.1 Å². The smallest absolute Gasteiger partial charge is 0.410 e. The van der Waals surface area contributed by atoms with Gasteiger partial charge < -0.3 is 9.84 Å². The highest BCUT2D eigenvalue weighted by molar-refractivity contribution is 6.03. The van der Waals surface area contributed by atoms with Crippen molar-refractivity contribution in [2.75, 3.05) is 11.9 Å². The van der Waals surface area contributed by atoms with Crippen LogP contribution in [0, 0.1) is 0 Å². The summed E-state index contributed by atoms with van der Waals surface area (Å²) in [6.07, 6.45) is -1.27. The first kappa shape index (κ1) is 14.6. The van der Waals surface area contributed by atoms with Crippen LogP contribution in [0.3, 0.4) is 0 Å². The first-order chi connectivity index (χ1) is 10.0. The molecule has 21 heavy (non-hydrogen) atoms. The molecule has 1 aromatic heterocycles. The molecule has 2 aromatic rings. The van der Waals surface area contributed by atoms with Crippen molar-refractivity contribution in [3.05, 3.63) is 35.9 Å². The number of rotatable bonds is 4. The van der Waals surface area contributed by atoms with Gasteiger partial charge in [0.15, 0.2) is 0 Å². The standard InChI is InChI=1S/C14H15N3O4/c1-3-21-13(18)10-11(9-7-5-4-6-8-9)16-17(2)12(10)15-14(19)20/h4-8,15H,3H2,1-2H3,(H,19,20). The molecular formula is C14H15N3O4. The molecule has 7 nitrogen and oxygen atoms in total. The van der Waals surface area contributed by atoms with Gasteiger partial charge in [-0.3, -0.25) is 10.00 Å². The number of nitrogens with one attached hydrogen (secondary N) is 1. The molecule has 0 spiro atoms. The van der Waals surface area contributed by atoms with Crippen molar-refractivity contribution in [1.29, 1.82) is 0 Å².